The Balaban J connectivity index is 0.000000810. The molecule has 0 aromatic carbocycles. The van der Waals surface area contributed by atoms with E-state index in [2.05, 4.69) is 4.98 Å². The Morgan fingerprint density at radius 3 is 1.50 bits per heavy atom. The first-order valence-electron chi connectivity index (χ1n) is 2.91. The van der Waals surface area contributed by atoms with Crippen LogP contribution in [0.2, 0.25) is 0 Å². The molecule has 1 N–H and O–H groups in total. The Labute approximate surface area is 60.2 Å². The number of hydrogen-bond acceptors (Lipinski definition) is 0. The van der Waals surface area contributed by atoms with Gasteiger partial charge in [0.2, 0.25) is 0 Å². The van der Waals surface area contributed by atoms with Gasteiger partial charge in [-0.2, -0.15) is 0 Å². The zero-order chi connectivity index (χ0) is 6.36. The fraction of sp³-hybridized carbons (Fsp3) is 0. The molecule has 0 fully saturated rings. The highest BCUT2D eigenvalue weighted by Gasteiger charge is 1.57. The standard InChI is InChI=1S/C8H9N.O/c1-2-4-6-8-9-7-5-3-1;/h1-9H;. The van der Waals surface area contributed by atoms with Crippen molar-refractivity contribution in [3.8, 4) is 0 Å². The average molecular weight is 135 g/mol. The maximum absolute atomic E-state index is 2.96. The minimum absolute atomic E-state index is 0. The molecule has 2 nitrogen and oxygen atoms in total. The Morgan fingerprint density at radius 1 is 0.600 bits per heavy atom. The molecule has 0 unspecified atom stereocenters. The van der Waals surface area contributed by atoms with Crippen LogP contribution in [0.5, 0.6) is 0 Å². The first-order chi connectivity index (χ1) is 4.50. The van der Waals surface area contributed by atoms with E-state index in [1.165, 1.54) is 0 Å². The van der Waals surface area contributed by atoms with Gasteiger partial charge in [0.25, 0.3) is 0 Å². The van der Waals surface area contributed by atoms with Crippen LogP contribution < -0.4 is 0 Å². The third-order valence-electron chi connectivity index (χ3n) is 0.940. The Bertz CT molecular complexity index is 131. The zero-order valence-electron chi connectivity index (χ0n) is 5.53. The van der Waals surface area contributed by atoms with Gasteiger partial charge in [0, 0.05) is 17.9 Å². The maximum Gasteiger partial charge on any atom is 0.000442 e. The van der Waals surface area contributed by atoms with Gasteiger partial charge in [-0.3, -0.25) is 0 Å². The summed E-state index contributed by atoms with van der Waals surface area (Å²) in [6.07, 6.45) is 3.75. The lowest BCUT2D eigenvalue weighted by Gasteiger charge is -1.65. The van der Waals surface area contributed by atoms with E-state index < -0.39 is 0 Å². The second-order valence-electron chi connectivity index (χ2n) is 1.65. The molecule has 1 heterocycles. The molecule has 1 rings (SSSR count). The van der Waals surface area contributed by atoms with Crippen molar-refractivity contribution < 1.29 is 5.48 Å². The van der Waals surface area contributed by atoms with Crippen LogP contribution in [-0.2, 0) is 5.48 Å². The van der Waals surface area contributed by atoms with Gasteiger partial charge in [-0.15, -0.1) is 0 Å². The van der Waals surface area contributed by atoms with E-state index in [0.717, 1.165) is 0 Å². The lowest BCUT2D eigenvalue weighted by Crippen LogP contribution is -1.52. The highest BCUT2D eigenvalue weighted by Crippen LogP contribution is 1.76. The fourth-order valence-electron chi connectivity index (χ4n) is 0.534. The summed E-state index contributed by atoms with van der Waals surface area (Å²) in [5.41, 5.74) is 0. The second-order valence-corrected chi connectivity index (χ2v) is 1.65. The van der Waals surface area contributed by atoms with Gasteiger partial charge in [-0.25, -0.2) is 0 Å². The zero-order valence-corrected chi connectivity index (χ0v) is 5.53. The molecule has 0 atom stereocenters. The van der Waals surface area contributed by atoms with Crippen LogP contribution in [0.1, 0.15) is 0 Å². The quantitative estimate of drug-likeness (QED) is 0.565. The van der Waals surface area contributed by atoms with Crippen molar-refractivity contribution in [1.82, 2.24) is 4.98 Å². The predicted octanol–water partition coefficient (Wildman–Crippen LogP) is 2.02. The second kappa shape index (κ2) is 5.85. The summed E-state index contributed by atoms with van der Waals surface area (Å²) >= 11 is 0. The molecule has 52 valence electrons. The normalized spacial score (nSPS) is 7.20. The Morgan fingerprint density at radius 2 is 1.00 bits per heavy atom. The van der Waals surface area contributed by atoms with Crippen LogP contribution in [0.15, 0.2) is 48.8 Å². The molecule has 1 aromatic heterocycles. The van der Waals surface area contributed by atoms with Crippen molar-refractivity contribution in [1.29, 1.82) is 0 Å². The van der Waals surface area contributed by atoms with Gasteiger partial charge < -0.3 is 4.98 Å². The van der Waals surface area contributed by atoms with Crippen LogP contribution in [0.4, 0.5) is 0 Å². The van der Waals surface area contributed by atoms with Gasteiger partial charge in [0.05, 0.1) is 0 Å². The van der Waals surface area contributed by atoms with Gasteiger partial charge in [0.15, 0.2) is 0 Å². The van der Waals surface area contributed by atoms with E-state index in [1.54, 1.807) is 0 Å². The van der Waals surface area contributed by atoms with Crippen molar-refractivity contribution in [2.45, 2.75) is 0 Å². The van der Waals surface area contributed by atoms with Crippen molar-refractivity contribution in [3.05, 3.63) is 48.8 Å². The van der Waals surface area contributed by atoms with Crippen LogP contribution in [-0.4, -0.2) is 4.98 Å². The molecule has 0 saturated heterocycles. The van der Waals surface area contributed by atoms with Crippen LogP contribution in [0.3, 0.4) is 0 Å². The average Bonchev–Trinajstić information content (AvgIpc) is 2.00. The number of rotatable bonds is 0. The molecule has 2 radical (unpaired) electrons. The summed E-state index contributed by atoms with van der Waals surface area (Å²) in [7, 11) is 0. The SMILES string of the molecule is [O].c1cccc[nH]ccc1. The summed E-state index contributed by atoms with van der Waals surface area (Å²) in [5.74, 6) is 0. The number of aromatic amines is 1. The number of aromatic nitrogens is 1. The minimum atomic E-state index is 0. The van der Waals surface area contributed by atoms with Crippen LogP contribution in [0.25, 0.3) is 0 Å². The van der Waals surface area contributed by atoms with Crippen molar-refractivity contribution in [3.63, 3.8) is 0 Å². The first-order valence-corrected chi connectivity index (χ1v) is 2.91. The molecular weight excluding hydrogens is 126 g/mol. The molecule has 0 spiro atoms. The lowest BCUT2D eigenvalue weighted by molar-refractivity contribution is 0.686. The summed E-state index contributed by atoms with van der Waals surface area (Å²) in [4.78, 5) is 2.96. The number of nitrogens with one attached hydrogen (secondary N) is 1. The first kappa shape index (κ1) is 8.72. The molecule has 0 bridgehead atoms. The van der Waals surface area contributed by atoms with Crippen LogP contribution >= 0.6 is 0 Å². The van der Waals surface area contributed by atoms with E-state index in [-0.39, 0.29) is 5.48 Å². The Hall–Kier alpha value is -1.28. The maximum atomic E-state index is 2.96. The Kier molecular flexibility index (Phi) is 5.10. The van der Waals surface area contributed by atoms with Crippen molar-refractivity contribution >= 4 is 0 Å². The summed E-state index contributed by atoms with van der Waals surface area (Å²) < 4.78 is 0. The molecule has 10 heavy (non-hydrogen) atoms. The van der Waals surface area contributed by atoms with E-state index in [9.17, 15) is 0 Å². The molecule has 0 amide bonds. The molecule has 2 heteroatoms. The third kappa shape index (κ3) is 3.69. The van der Waals surface area contributed by atoms with E-state index in [0.29, 0.717) is 0 Å². The molecule has 1 aromatic rings. The van der Waals surface area contributed by atoms with Gasteiger partial charge >= 0.3 is 0 Å². The topological polar surface area (TPSA) is 44.3 Å². The van der Waals surface area contributed by atoms with Gasteiger partial charge in [-0.1, -0.05) is 24.3 Å². The van der Waals surface area contributed by atoms with E-state index in [4.69, 9.17) is 0 Å². The largest absolute Gasteiger partial charge is 0.368 e. The summed E-state index contributed by atoms with van der Waals surface area (Å²) in [5, 5.41) is 0. The monoisotopic (exact) mass is 135 g/mol. The molecule has 0 aliphatic carbocycles. The summed E-state index contributed by atoms with van der Waals surface area (Å²) in [6, 6.07) is 11.8. The summed E-state index contributed by atoms with van der Waals surface area (Å²) in [6.45, 7) is 0. The minimum Gasteiger partial charge on any atom is -0.368 e. The number of H-pyrrole nitrogens is 1. The van der Waals surface area contributed by atoms with Crippen molar-refractivity contribution in [2.75, 3.05) is 0 Å². The smallest absolute Gasteiger partial charge is 0.000442 e. The van der Waals surface area contributed by atoms with Crippen LogP contribution in [0, 0.1) is 0 Å². The number of hydrogen-bond donors (Lipinski definition) is 1. The fourth-order valence-corrected chi connectivity index (χ4v) is 0.534. The molecule has 0 aliphatic rings. The highest BCUT2D eigenvalue weighted by molar-refractivity contribution is 4.93. The van der Waals surface area contributed by atoms with Gasteiger partial charge in [0.1, 0.15) is 0 Å². The van der Waals surface area contributed by atoms with E-state index >= 15 is 0 Å². The predicted molar refractivity (Wildman–Crippen MR) is 39.1 cm³/mol. The lowest BCUT2D eigenvalue weighted by atomic mass is 10.5. The molecule has 0 aliphatic heterocycles. The van der Waals surface area contributed by atoms with Crippen molar-refractivity contribution in [2.24, 2.45) is 0 Å². The van der Waals surface area contributed by atoms with E-state index in [1.807, 2.05) is 48.8 Å². The molecular formula is C8H9NO. The highest BCUT2D eigenvalue weighted by atomic mass is 16.0. The molecule has 0 saturated carbocycles. The third-order valence-corrected chi connectivity index (χ3v) is 0.940. The van der Waals surface area contributed by atoms with Gasteiger partial charge in [-0.05, 0) is 12.1 Å².